The highest BCUT2D eigenvalue weighted by atomic mass is 32.2. The number of hydrogen-bond donors (Lipinski definition) is 2. The average molecular weight is 455 g/mol. The van der Waals surface area contributed by atoms with Gasteiger partial charge in [0.05, 0.1) is 11.9 Å². The van der Waals surface area contributed by atoms with Gasteiger partial charge in [-0.25, -0.2) is 0 Å². The molecule has 2 atom stereocenters. The van der Waals surface area contributed by atoms with Gasteiger partial charge in [0.2, 0.25) is 5.91 Å². The summed E-state index contributed by atoms with van der Waals surface area (Å²) < 4.78 is 18.3. The van der Waals surface area contributed by atoms with E-state index in [9.17, 15) is 4.79 Å². The van der Waals surface area contributed by atoms with Gasteiger partial charge < -0.3 is 19.5 Å². The number of benzene rings is 2. The third kappa shape index (κ3) is 4.58. The summed E-state index contributed by atoms with van der Waals surface area (Å²) in [6.45, 7) is 9.47. The van der Waals surface area contributed by atoms with Crippen LogP contribution in [0.4, 0.5) is 0 Å². The molecule has 4 rings (SSSR count). The minimum atomic E-state index is -0.233. The largest absolute Gasteiger partial charge is 0.493 e. The maximum absolute atomic E-state index is 11.8. The monoisotopic (exact) mass is 454 g/mol. The summed E-state index contributed by atoms with van der Waals surface area (Å²) >= 11 is 1.27. The smallest absolute Gasteiger partial charge is 0.239 e. The van der Waals surface area contributed by atoms with Crippen LogP contribution in [-0.2, 0) is 17.6 Å². The zero-order valence-corrected chi connectivity index (χ0v) is 19.9. The number of amides is 1. The maximum Gasteiger partial charge on any atom is 0.239 e. The standard InChI is InChI=1S/C25H30N2O4S/c1-5-29-22-14(2)15(3)23-20(16(22)4)11-10-19(31-23)13-30-18-8-6-17(7-9-18)12-21-24(28)27-25(26)32-21/h6-9,19,21H,5,10-13H2,1-4H3,(H2,26,27,28). The second-order valence-corrected chi connectivity index (χ2v) is 9.52. The van der Waals surface area contributed by atoms with Crippen molar-refractivity contribution in [3.05, 3.63) is 52.1 Å². The summed E-state index contributed by atoms with van der Waals surface area (Å²) in [5.41, 5.74) is 5.77. The van der Waals surface area contributed by atoms with Gasteiger partial charge in [-0.05, 0) is 81.3 Å². The minimum absolute atomic E-state index is 0.00205. The lowest BCUT2D eigenvalue weighted by molar-refractivity contribution is -0.118. The van der Waals surface area contributed by atoms with Gasteiger partial charge in [0.25, 0.3) is 0 Å². The van der Waals surface area contributed by atoms with Crippen molar-refractivity contribution >= 4 is 22.8 Å². The lowest BCUT2D eigenvalue weighted by Gasteiger charge is -2.30. The van der Waals surface area contributed by atoms with Gasteiger partial charge in [-0.3, -0.25) is 10.2 Å². The van der Waals surface area contributed by atoms with E-state index in [2.05, 4.69) is 26.1 Å². The summed E-state index contributed by atoms with van der Waals surface area (Å²) in [6, 6.07) is 7.83. The molecule has 0 spiro atoms. The Balaban J connectivity index is 1.37. The fraction of sp³-hybridized carbons (Fsp3) is 0.440. The summed E-state index contributed by atoms with van der Waals surface area (Å²) in [5.74, 6) is 2.67. The van der Waals surface area contributed by atoms with Crippen molar-refractivity contribution in [3.8, 4) is 17.2 Å². The number of ether oxygens (including phenoxy) is 3. The van der Waals surface area contributed by atoms with Crippen molar-refractivity contribution in [1.82, 2.24) is 5.32 Å². The van der Waals surface area contributed by atoms with Gasteiger partial charge in [-0.15, -0.1) is 0 Å². The fourth-order valence-electron chi connectivity index (χ4n) is 4.30. The normalized spacial score (nSPS) is 19.9. The Hall–Kier alpha value is -2.67. The summed E-state index contributed by atoms with van der Waals surface area (Å²) in [6.07, 6.45) is 2.46. The van der Waals surface area contributed by atoms with E-state index in [1.54, 1.807) is 0 Å². The van der Waals surface area contributed by atoms with Crippen molar-refractivity contribution < 1.29 is 19.0 Å². The first-order chi connectivity index (χ1) is 15.4. The number of rotatable bonds is 7. The molecule has 6 nitrogen and oxygen atoms in total. The highest BCUT2D eigenvalue weighted by Gasteiger charge is 2.29. The quantitative estimate of drug-likeness (QED) is 0.644. The van der Waals surface area contributed by atoms with Crippen molar-refractivity contribution in [2.24, 2.45) is 0 Å². The first-order valence-electron chi connectivity index (χ1n) is 11.1. The number of thioether (sulfide) groups is 1. The molecular formula is C25H30N2O4S. The highest BCUT2D eigenvalue weighted by molar-refractivity contribution is 8.15. The van der Waals surface area contributed by atoms with Gasteiger partial charge in [0, 0.05) is 5.56 Å². The molecule has 2 aromatic rings. The van der Waals surface area contributed by atoms with Crippen molar-refractivity contribution in [2.45, 2.75) is 58.3 Å². The molecule has 0 radical (unpaired) electrons. The summed E-state index contributed by atoms with van der Waals surface area (Å²) in [5, 5.41) is 10.1. The van der Waals surface area contributed by atoms with E-state index in [4.69, 9.17) is 19.6 Å². The molecule has 1 fully saturated rings. The number of carbonyl (C=O) groups is 1. The van der Waals surface area contributed by atoms with E-state index in [1.165, 1.54) is 22.9 Å². The molecule has 2 unspecified atom stereocenters. The lowest BCUT2D eigenvalue weighted by Crippen LogP contribution is -2.30. The number of hydrogen-bond acceptors (Lipinski definition) is 6. The average Bonchev–Trinajstić information content (AvgIpc) is 3.11. The van der Waals surface area contributed by atoms with Gasteiger partial charge in [-0.2, -0.15) is 0 Å². The van der Waals surface area contributed by atoms with E-state index in [-0.39, 0.29) is 22.4 Å². The Morgan fingerprint density at radius 2 is 1.88 bits per heavy atom. The molecule has 0 aliphatic carbocycles. The van der Waals surface area contributed by atoms with Crippen LogP contribution in [0.2, 0.25) is 0 Å². The molecular weight excluding hydrogens is 424 g/mol. The van der Waals surface area contributed by atoms with Crippen molar-refractivity contribution in [2.75, 3.05) is 13.2 Å². The minimum Gasteiger partial charge on any atom is -0.493 e. The number of amidine groups is 1. The first-order valence-corrected chi connectivity index (χ1v) is 11.9. The summed E-state index contributed by atoms with van der Waals surface area (Å²) in [4.78, 5) is 11.8. The Morgan fingerprint density at radius 3 is 2.53 bits per heavy atom. The zero-order valence-electron chi connectivity index (χ0n) is 19.0. The molecule has 2 heterocycles. The van der Waals surface area contributed by atoms with E-state index in [1.807, 2.05) is 31.2 Å². The Bertz CT molecular complexity index is 1040. The molecule has 170 valence electrons. The Kier molecular flexibility index (Phi) is 6.65. The molecule has 0 aromatic heterocycles. The van der Waals surface area contributed by atoms with E-state index in [0.717, 1.165) is 46.8 Å². The highest BCUT2D eigenvalue weighted by Crippen LogP contribution is 2.41. The third-order valence-corrected chi connectivity index (χ3v) is 7.17. The number of nitrogens with one attached hydrogen (secondary N) is 2. The lowest BCUT2D eigenvalue weighted by atomic mass is 9.91. The predicted molar refractivity (Wildman–Crippen MR) is 127 cm³/mol. The molecule has 2 aromatic carbocycles. The van der Waals surface area contributed by atoms with Crippen LogP contribution in [0.1, 0.15) is 41.2 Å². The van der Waals surface area contributed by atoms with Crippen LogP contribution in [0.3, 0.4) is 0 Å². The van der Waals surface area contributed by atoms with E-state index < -0.39 is 0 Å². The molecule has 2 N–H and O–H groups in total. The van der Waals surface area contributed by atoms with Crippen molar-refractivity contribution in [3.63, 3.8) is 0 Å². The SMILES string of the molecule is CCOc1c(C)c(C)c2c(c1C)CCC(COc1ccc(CC3SC(=N)NC3=O)cc1)O2. The molecule has 32 heavy (non-hydrogen) atoms. The number of fused-ring (bicyclic) bond motifs is 1. The third-order valence-electron chi connectivity index (χ3n) is 6.17. The molecule has 2 aliphatic rings. The van der Waals surface area contributed by atoms with E-state index in [0.29, 0.717) is 19.6 Å². The van der Waals surface area contributed by atoms with Gasteiger partial charge in [0.1, 0.15) is 30.0 Å². The Labute approximate surface area is 193 Å². The van der Waals surface area contributed by atoms with E-state index >= 15 is 0 Å². The predicted octanol–water partition coefficient (Wildman–Crippen LogP) is 4.49. The van der Waals surface area contributed by atoms with Crippen LogP contribution >= 0.6 is 11.8 Å². The fourth-order valence-corrected chi connectivity index (χ4v) is 5.19. The van der Waals surface area contributed by atoms with Gasteiger partial charge >= 0.3 is 0 Å². The molecule has 0 bridgehead atoms. The molecule has 2 aliphatic heterocycles. The van der Waals surface area contributed by atoms with Crippen LogP contribution < -0.4 is 19.5 Å². The van der Waals surface area contributed by atoms with Crippen LogP contribution in [0, 0.1) is 26.2 Å². The second-order valence-electron chi connectivity index (χ2n) is 8.31. The van der Waals surface area contributed by atoms with Crippen LogP contribution in [0.5, 0.6) is 17.2 Å². The zero-order chi connectivity index (χ0) is 22.8. The maximum atomic E-state index is 11.8. The van der Waals surface area contributed by atoms with Crippen molar-refractivity contribution in [1.29, 1.82) is 5.41 Å². The van der Waals surface area contributed by atoms with Gasteiger partial charge in [-0.1, -0.05) is 23.9 Å². The first kappa shape index (κ1) is 22.5. The number of carbonyl (C=O) groups excluding carboxylic acids is 1. The Morgan fingerprint density at radius 1 is 1.12 bits per heavy atom. The van der Waals surface area contributed by atoms with Crippen LogP contribution in [-0.4, -0.2) is 35.6 Å². The van der Waals surface area contributed by atoms with Crippen LogP contribution in [0.15, 0.2) is 24.3 Å². The molecule has 7 heteroatoms. The summed E-state index contributed by atoms with van der Waals surface area (Å²) in [7, 11) is 0. The van der Waals surface area contributed by atoms with Crippen LogP contribution in [0.25, 0.3) is 0 Å². The second kappa shape index (κ2) is 9.45. The molecule has 1 amide bonds. The molecule has 0 saturated carbocycles. The molecule has 1 saturated heterocycles. The van der Waals surface area contributed by atoms with Gasteiger partial charge in [0.15, 0.2) is 5.17 Å². The topological polar surface area (TPSA) is 80.6 Å².